The molecule has 0 amide bonds. The molecule has 0 radical (unpaired) electrons. The van der Waals surface area contributed by atoms with Crippen LogP contribution >= 0.6 is 0 Å². The molecule has 0 atom stereocenters. The van der Waals surface area contributed by atoms with Gasteiger partial charge in [-0.2, -0.15) is 0 Å². The Balaban J connectivity index is 1.02. The van der Waals surface area contributed by atoms with Gasteiger partial charge in [0.05, 0.1) is 65.2 Å². The van der Waals surface area contributed by atoms with Crippen molar-refractivity contribution in [2.24, 2.45) is 0 Å². The lowest BCUT2D eigenvalue weighted by molar-refractivity contribution is 0.0185. The monoisotopic (exact) mass is 784 g/mol. The summed E-state index contributed by atoms with van der Waals surface area (Å²) >= 11 is 0. The van der Waals surface area contributed by atoms with E-state index in [9.17, 15) is 0 Å². The summed E-state index contributed by atoms with van der Waals surface area (Å²) in [6.45, 7) is 5.14. The average Bonchev–Trinajstić information content (AvgIpc) is 3.26. The number of fused-ring (bicyclic) bond motifs is 4. The highest BCUT2D eigenvalue weighted by molar-refractivity contribution is 5.53. The van der Waals surface area contributed by atoms with Crippen LogP contribution in [0.3, 0.4) is 0 Å². The van der Waals surface area contributed by atoms with Crippen LogP contribution in [0, 0.1) is 23.7 Å². The summed E-state index contributed by atoms with van der Waals surface area (Å²) in [5.74, 6) is 16.5. The van der Waals surface area contributed by atoms with Gasteiger partial charge in [-0.25, -0.2) is 9.97 Å². The van der Waals surface area contributed by atoms with Crippen LogP contribution in [-0.4, -0.2) is 89.3 Å². The highest BCUT2D eigenvalue weighted by Crippen LogP contribution is 2.25. The Bertz CT molecular complexity index is 1950. The Morgan fingerprint density at radius 3 is 1.10 bits per heavy atom. The Labute approximate surface area is 338 Å². The van der Waals surface area contributed by atoms with Crippen molar-refractivity contribution in [1.29, 1.82) is 0 Å². The third kappa shape index (κ3) is 15.2. The lowest BCUT2D eigenvalue weighted by Crippen LogP contribution is -2.12. The largest absolute Gasteiger partial charge is 0.496 e. The minimum Gasteiger partial charge on any atom is -0.496 e. The van der Waals surface area contributed by atoms with Gasteiger partial charge in [-0.3, -0.25) is 0 Å². The van der Waals surface area contributed by atoms with Gasteiger partial charge in [0.25, 0.3) is 0 Å². The molecule has 3 aromatic carbocycles. The first-order chi connectivity index (χ1) is 28.8. The van der Waals surface area contributed by atoms with E-state index in [4.69, 9.17) is 47.4 Å². The number of ether oxygens (including phenoxy) is 10. The van der Waals surface area contributed by atoms with Crippen molar-refractivity contribution >= 4 is 0 Å². The zero-order chi connectivity index (χ0) is 39.7. The maximum Gasteiger partial charge on any atom is 0.145 e. The van der Waals surface area contributed by atoms with Crippen molar-refractivity contribution in [1.82, 2.24) is 9.97 Å². The van der Waals surface area contributed by atoms with Crippen molar-refractivity contribution in [2.45, 2.75) is 0 Å². The van der Waals surface area contributed by atoms with Gasteiger partial charge in [-0.1, -0.05) is 24.0 Å². The van der Waals surface area contributed by atoms with Gasteiger partial charge in [0.15, 0.2) is 0 Å². The van der Waals surface area contributed by atoms with Gasteiger partial charge in [-0.15, -0.1) is 0 Å². The van der Waals surface area contributed by atoms with Crippen LogP contribution in [0.2, 0.25) is 0 Å². The molecule has 5 aromatic rings. The van der Waals surface area contributed by atoms with E-state index in [1.54, 1.807) is 12.4 Å². The molecule has 0 N–H and O–H groups in total. The molecule has 8 bridgehead atoms. The summed E-state index contributed by atoms with van der Waals surface area (Å²) in [5.41, 5.74) is 2.76. The number of hydrogen-bond donors (Lipinski definition) is 0. The maximum absolute atomic E-state index is 5.97. The summed E-state index contributed by atoms with van der Waals surface area (Å²) < 4.78 is 56.4. The summed E-state index contributed by atoms with van der Waals surface area (Å²) in [6, 6.07) is 29.7. The molecule has 5 aliphatic rings. The summed E-state index contributed by atoms with van der Waals surface area (Å²) in [5, 5.41) is 0. The second-order valence-corrected chi connectivity index (χ2v) is 12.1. The van der Waals surface area contributed by atoms with Crippen molar-refractivity contribution < 1.29 is 47.4 Å². The Morgan fingerprint density at radius 2 is 0.707 bits per heavy atom. The lowest BCUT2D eigenvalue weighted by atomic mass is 10.1. The van der Waals surface area contributed by atoms with E-state index in [1.807, 2.05) is 97.1 Å². The zero-order valence-electron chi connectivity index (χ0n) is 32.0. The molecule has 0 saturated heterocycles. The predicted molar refractivity (Wildman–Crippen MR) is 215 cm³/mol. The van der Waals surface area contributed by atoms with Gasteiger partial charge in [-0.05, 0) is 96.8 Å². The number of benzene rings is 3. The Morgan fingerprint density at radius 1 is 0.345 bits per heavy atom. The summed E-state index contributed by atoms with van der Waals surface area (Å²) in [4.78, 5) is 8.93. The molecule has 0 spiro atoms. The summed E-state index contributed by atoms with van der Waals surface area (Å²) in [6.07, 6.45) is 6.25. The van der Waals surface area contributed by atoms with E-state index in [0.29, 0.717) is 125 Å². The molecular weight excluding hydrogens is 741 g/mol. The van der Waals surface area contributed by atoms with E-state index in [2.05, 4.69) is 33.6 Å². The van der Waals surface area contributed by atoms with Crippen LogP contribution < -0.4 is 18.9 Å². The van der Waals surface area contributed by atoms with Crippen LogP contribution in [0.4, 0.5) is 0 Å². The molecule has 0 saturated carbocycles. The molecule has 10 rings (SSSR count). The van der Waals surface area contributed by atoms with Crippen LogP contribution in [-0.2, 0) is 28.4 Å². The fraction of sp³-hybridized carbons (Fsp3) is 0.261. The minimum absolute atomic E-state index is 0.398. The average molecular weight is 785 g/mol. The van der Waals surface area contributed by atoms with Gasteiger partial charge >= 0.3 is 0 Å². The van der Waals surface area contributed by atoms with E-state index >= 15 is 0 Å². The second kappa shape index (κ2) is 24.2. The van der Waals surface area contributed by atoms with Crippen molar-refractivity contribution in [3.05, 3.63) is 144 Å². The first-order valence-corrected chi connectivity index (χ1v) is 18.8. The standard InChI is InChI=1S/C46H44N2O10/c1-2-4-38-6-8-40-10-12-46(36-48-40)58-44-19-15-42(16-20-44)56-34-32-54-30-28-52-26-24-50-22-21-49-23-25-51-27-29-53-31-33-55-41-13-17-43(18-14-41)57-45-11-9-39(47-35-45)7-5-37(38)3-1/h1-4,9-22,35-36H,23-34H2. The van der Waals surface area contributed by atoms with Crippen LogP contribution in [0.25, 0.3) is 0 Å². The smallest absolute Gasteiger partial charge is 0.145 e. The lowest BCUT2D eigenvalue weighted by Gasteiger charge is -2.09. The van der Waals surface area contributed by atoms with Gasteiger partial charge in [0.2, 0.25) is 0 Å². The molecule has 58 heavy (non-hydrogen) atoms. The van der Waals surface area contributed by atoms with Crippen LogP contribution in [0.15, 0.2) is 122 Å². The fourth-order valence-electron chi connectivity index (χ4n) is 4.98. The normalized spacial score (nSPS) is 15.2. The number of hydrogen-bond acceptors (Lipinski definition) is 12. The van der Waals surface area contributed by atoms with Crippen LogP contribution in [0.5, 0.6) is 34.5 Å². The number of rotatable bonds is 0. The van der Waals surface area contributed by atoms with E-state index in [-0.39, 0.29) is 0 Å². The Hall–Kier alpha value is -6.54. The first kappa shape index (κ1) is 41.1. The zero-order valence-corrected chi connectivity index (χ0v) is 32.0. The van der Waals surface area contributed by atoms with Crippen LogP contribution in [0.1, 0.15) is 22.5 Å². The highest BCUT2D eigenvalue weighted by atomic mass is 16.6. The fourth-order valence-corrected chi connectivity index (χ4v) is 4.98. The van der Waals surface area contributed by atoms with E-state index in [0.717, 1.165) is 11.1 Å². The molecule has 0 fully saturated rings. The van der Waals surface area contributed by atoms with Crippen molar-refractivity contribution in [2.75, 3.05) is 79.3 Å². The quantitative estimate of drug-likeness (QED) is 0.148. The number of aromatic nitrogens is 2. The molecule has 0 unspecified atom stereocenters. The SMILES string of the molecule is C1#Cc2ccccc2C#Cc2ccc(cn2)Oc2ccc(cc2)OCCOCCOCCOC=COCCOCCOCCOc2ccc(cc2)Oc2ccc1nc2. The number of pyridine rings is 2. The second-order valence-electron chi connectivity index (χ2n) is 12.1. The molecule has 12 nitrogen and oxygen atoms in total. The molecule has 2 aromatic heterocycles. The number of nitrogens with zero attached hydrogens (tertiary/aromatic N) is 2. The molecule has 0 aliphatic carbocycles. The van der Waals surface area contributed by atoms with Crippen molar-refractivity contribution in [3.8, 4) is 58.2 Å². The third-order valence-corrected chi connectivity index (χ3v) is 7.84. The third-order valence-electron chi connectivity index (χ3n) is 7.84. The topological polar surface area (TPSA) is 118 Å². The van der Waals surface area contributed by atoms with E-state index < -0.39 is 0 Å². The predicted octanol–water partition coefficient (Wildman–Crippen LogP) is 7.20. The van der Waals surface area contributed by atoms with Gasteiger partial charge in [0.1, 0.15) is 84.8 Å². The molecular formula is C46H44N2O10. The first-order valence-electron chi connectivity index (χ1n) is 18.8. The Kier molecular flexibility index (Phi) is 17.1. The summed E-state index contributed by atoms with van der Waals surface area (Å²) in [7, 11) is 0. The van der Waals surface area contributed by atoms with Gasteiger partial charge in [0, 0.05) is 11.1 Å². The minimum atomic E-state index is 0.398. The van der Waals surface area contributed by atoms with E-state index in [1.165, 1.54) is 12.5 Å². The highest BCUT2D eigenvalue weighted by Gasteiger charge is 2.03. The molecule has 5 aliphatic heterocycles. The van der Waals surface area contributed by atoms with Crippen molar-refractivity contribution in [3.63, 3.8) is 0 Å². The maximum atomic E-state index is 5.97. The molecule has 7 heterocycles. The van der Waals surface area contributed by atoms with Gasteiger partial charge < -0.3 is 47.4 Å². The molecule has 298 valence electrons. The molecule has 12 heteroatoms.